The Morgan fingerprint density at radius 1 is 1.36 bits per heavy atom. The molecule has 0 aliphatic heterocycles. The molecule has 7 nitrogen and oxygen atoms in total. The van der Waals surface area contributed by atoms with E-state index in [2.05, 4.69) is 5.32 Å². The highest BCUT2D eigenvalue weighted by molar-refractivity contribution is 5.68. The molecule has 0 fully saturated rings. The van der Waals surface area contributed by atoms with E-state index in [0.717, 1.165) is 5.56 Å². The van der Waals surface area contributed by atoms with Crippen molar-refractivity contribution >= 4 is 11.8 Å². The summed E-state index contributed by atoms with van der Waals surface area (Å²) >= 11 is 0. The molecule has 0 bridgehead atoms. The van der Waals surface area contributed by atoms with E-state index in [-0.39, 0.29) is 18.0 Å². The molecule has 1 aromatic rings. The number of amides is 1. The molecule has 1 N–H and O–H groups in total. The summed E-state index contributed by atoms with van der Waals surface area (Å²) in [6.07, 6.45) is -0.583. The van der Waals surface area contributed by atoms with Gasteiger partial charge in [0.05, 0.1) is 18.1 Å². The molecular formula is C15H22N2O5. The highest BCUT2D eigenvalue weighted by atomic mass is 16.6. The van der Waals surface area contributed by atoms with E-state index < -0.39 is 16.6 Å². The quantitative estimate of drug-likeness (QED) is 0.665. The highest BCUT2D eigenvalue weighted by Gasteiger charge is 2.22. The van der Waals surface area contributed by atoms with Crippen LogP contribution in [-0.4, -0.2) is 23.2 Å². The predicted octanol–water partition coefficient (Wildman–Crippen LogP) is 3.33. The minimum absolute atomic E-state index is 0.0950. The number of carbonyl (C=O) groups is 1. The molecule has 7 heteroatoms. The molecule has 0 heterocycles. The lowest BCUT2D eigenvalue weighted by atomic mass is 10.1. The Bertz CT molecular complexity index is 564. The van der Waals surface area contributed by atoms with Gasteiger partial charge in [0.25, 0.3) is 0 Å². The zero-order valence-electron chi connectivity index (χ0n) is 13.6. The van der Waals surface area contributed by atoms with E-state index in [1.807, 2.05) is 0 Å². The van der Waals surface area contributed by atoms with Crippen molar-refractivity contribution in [1.82, 2.24) is 5.32 Å². The van der Waals surface area contributed by atoms with Gasteiger partial charge in [0.15, 0.2) is 0 Å². The van der Waals surface area contributed by atoms with E-state index in [9.17, 15) is 14.9 Å². The van der Waals surface area contributed by atoms with Crippen LogP contribution in [0.1, 0.15) is 38.8 Å². The van der Waals surface area contributed by atoms with Crippen LogP contribution >= 0.6 is 0 Å². The molecule has 0 unspecified atom stereocenters. The van der Waals surface area contributed by atoms with Gasteiger partial charge in [-0.1, -0.05) is 6.07 Å². The van der Waals surface area contributed by atoms with Gasteiger partial charge in [0.1, 0.15) is 5.60 Å². The number of hydrogen-bond donors (Lipinski definition) is 1. The summed E-state index contributed by atoms with van der Waals surface area (Å²) in [7, 11) is 0. The average molecular weight is 310 g/mol. The van der Waals surface area contributed by atoms with E-state index in [0.29, 0.717) is 12.2 Å². The highest BCUT2D eigenvalue weighted by Crippen LogP contribution is 2.33. The third-order valence-corrected chi connectivity index (χ3v) is 2.77. The molecule has 0 atom stereocenters. The maximum atomic E-state index is 11.7. The maximum absolute atomic E-state index is 11.7. The van der Waals surface area contributed by atoms with Crippen LogP contribution in [0.3, 0.4) is 0 Å². The number of rotatable bonds is 5. The topological polar surface area (TPSA) is 90.7 Å². The standard InChI is InChI=1S/C15H22N2O5/c1-6-21-13-11(9-16-14(18)22-15(3,4)5)10(2)7-8-12(13)17(19)20/h7-8H,6,9H2,1-5H3,(H,16,18). The molecule has 0 saturated carbocycles. The SMILES string of the molecule is CCOc1c([N+](=O)[O-])ccc(C)c1CNC(=O)OC(C)(C)C. The fourth-order valence-corrected chi connectivity index (χ4v) is 1.86. The molecule has 0 aromatic heterocycles. The van der Waals surface area contributed by atoms with Gasteiger partial charge in [-0.25, -0.2) is 4.79 Å². The van der Waals surface area contributed by atoms with Crippen LogP contribution in [0, 0.1) is 17.0 Å². The minimum Gasteiger partial charge on any atom is -0.487 e. The molecule has 1 aromatic carbocycles. The van der Waals surface area contributed by atoms with Crippen LogP contribution in [0.4, 0.5) is 10.5 Å². The first-order valence-corrected chi connectivity index (χ1v) is 7.02. The third kappa shape index (κ3) is 4.91. The number of benzene rings is 1. The van der Waals surface area contributed by atoms with Gasteiger partial charge in [0.2, 0.25) is 5.75 Å². The lowest BCUT2D eigenvalue weighted by molar-refractivity contribution is -0.385. The van der Waals surface area contributed by atoms with Crippen LogP contribution in [0.25, 0.3) is 0 Å². The number of nitrogens with one attached hydrogen (secondary N) is 1. The van der Waals surface area contributed by atoms with Gasteiger partial charge in [0, 0.05) is 11.6 Å². The van der Waals surface area contributed by atoms with Gasteiger partial charge in [-0.2, -0.15) is 0 Å². The predicted molar refractivity (Wildman–Crippen MR) is 82.1 cm³/mol. The largest absolute Gasteiger partial charge is 0.487 e. The van der Waals surface area contributed by atoms with Gasteiger partial charge < -0.3 is 14.8 Å². The van der Waals surface area contributed by atoms with E-state index in [1.165, 1.54) is 6.07 Å². The summed E-state index contributed by atoms with van der Waals surface area (Å²) in [5.74, 6) is 0.184. The Balaban J connectivity index is 3.00. The van der Waals surface area contributed by atoms with E-state index in [1.54, 1.807) is 40.7 Å². The minimum atomic E-state index is -0.607. The lowest BCUT2D eigenvalue weighted by Gasteiger charge is -2.20. The molecule has 1 rings (SSSR count). The summed E-state index contributed by atoms with van der Waals surface area (Å²) < 4.78 is 10.6. The van der Waals surface area contributed by atoms with Gasteiger partial charge in [-0.15, -0.1) is 0 Å². The fraction of sp³-hybridized carbons (Fsp3) is 0.533. The Morgan fingerprint density at radius 2 is 2.00 bits per heavy atom. The summed E-state index contributed by atoms with van der Waals surface area (Å²) in [5, 5.41) is 13.7. The first-order chi connectivity index (χ1) is 10.2. The number of alkyl carbamates (subject to hydrolysis) is 1. The normalized spacial score (nSPS) is 11.0. The summed E-state index contributed by atoms with van der Waals surface area (Å²) in [5.41, 5.74) is 0.644. The van der Waals surface area contributed by atoms with Gasteiger partial charge >= 0.3 is 11.8 Å². The molecule has 0 spiro atoms. The zero-order chi connectivity index (χ0) is 16.9. The second-order valence-electron chi connectivity index (χ2n) is 5.75. The number of nitro groups is 1. The number of nitro benzene ring substituents is 1. The summed E-state index contributed by atoms with van der Waals surface area (Å²) in [6.45, 7) is 9.22. The van der Waals surface area contributed by atoms with Crippen LogP contribution in [-0.2, 0) is 11.3 Å². The molecule has 1 amide bonds. The van der Waals surface area contributed by atoms with Crippen molar-refractivity contribution in [2.24, 2.45) is 0 Å². The zero-order valence-corrected chi connectivity index (χ0v) is 13.6. The molecule has 122 valence electrons. The monoisotopic (exact) mass is 310 g/mol. The van der Waals surface area contributed by atoms with Crippen molar-refractivity contribution in [2.45, 2.75) is 46.8 Å². The molecular weight excluding hydrogens is 288 g/mol. The molecule has 0 aliphatic rings. The Labute approximate surface area is 129 Å². The maximum Gasteiger partial charge on any atom is 0.407 e. The average Bonchev–Trinajstić information content (AvgIpc) is 2.36. The van der Waals surface area contributed by atoms with Crippen molar-refractivity contribution in [3.05, 3.63) is 33.4 Å². The Morgan fingerprint density at radius 3 is 2.50 bits per heavy atom. The second-order valence-corrected chi connectivity index (χ2v) is 5.75. The molecule has 0 radical (unpaired) electrons. The van der Waals surface area contributed by atoms with E-state index in [4.69, 9.17) is 9.47 Å². The van der Waals surface area contributed by atoms with Crippen molar-refractivity contribution in [3.63, 3.8) is 0 Å². The first-order valence-electron chi connectivity index (χ1n) is 7.02. The van der Waals surface area contributed by atoms with Crippen LogP contribution in [0.15, 0.2) is 12.1 Å². The van der Waals surface area contributed by atoms with Crippen molar-refractivity contribution in [1.29, 1.82) is 0 Å². The summed E-state index contributed by atoms with van der Waals surface area (Å²) in [6, 6.07) is 3.03. The van der Waals surface area contributed by atoms with Crippen LogP contribution < -0.4 is 10.1 Å². The molecule has 22 heavy (non-hydrogen) atoms. The molecule has 0 saturated heterocycles. The number of hydrogen-bond acceptors (Lipinski definition) is 5. The lowest BCUT2D eigenvalue weighted by Crippen LogP contribution is -2.32. The Kier molecular flexibility index (Phi) is 5.73. The Hall–Kier alpha value is -2.31. The second kappa shape index (κ2) is 7.11. The van der Waals surface area contributed by atoms with Crippen molar-refractivity contribution in [2.75, 3.05) is 6.61 Å². The van der Waals surface area contributed by atoms with Crippen LogP contribution in [0.2, 0.25) is 0 Å². The number of aryl methyl sites for hydroxylation is 1. The van der Waals surface area contributed by atoms with E-state index >= 15 is 0 Å². The van der Waals surface area contributed by atoms with Gasteiger partial charge in [-0.05, 0) is 40.2 Å². The fourth-order valence-electron chi connectivity index (χ4n) is 1.86. The third-order valence-electron chi connectivity index (χ3n) is 2.77. The van der Waals surface area contributed by atoms with Crippen LogP contribution in [0.5, 0.6) is 5.75 Å². The number of carbonyl (C=O) groups excluding carboxylic acids is 1. The van der Waals surface area contributed by atoms with Gasteiger partial charge in [-0.3, -0.25) is 10.1 Å². The molecule has 0 aliphatic carbocycles. The number of ether oxygens (including phenoxy) is 2. The van der Waals surface area contributed by atoms with Crippen molar-refractivity contribution < 1.29 is 19.2 Å². The number of nitrogens with zero attached hydrogens (tertiary/aromatic N) is 1. The smallest absolute Gasteiger partial charge is 0.407 e. The first kappa shape index (κ1) is 17.7. The van der Waals surface area contributed by atoms with Crippen molar-refractivity contribution in [3.8, 4) is 5.75 Å². The summed E-state index contributed by atoms with van der Waals surface area (Å²) in [4.78, 5) is 22.3.